The van der Waals surface area contributed by atoms with E-state index < -0.39 is 27.7 Å². The molecule has 5 nitrogen and oxygen atoms in total. The molecule has 0 aliphatic rings. The molecule has 0 spiro atoms. The minimum Gasteiger partial charge on any atom is -0.301 e. The van der Waals surface area contributed by atoms with Crippen molar-refractivity contribution >= 4 is 10.0 Å². The summed E-state index contributed by atoms with van der Waals surface area (Å²) in [4.78, 5) is 5.29. The van der Waals surface area contributed by atoms with Crippen molar-refractivity contribution in [3.63, 3.8) is 0 Å². The predicted octanol–water partition coefficient (Wildman–Crippen LogP) is 1.94. The van der Waals surface area contributed by atoms with Gasteiger partial charge in [-0.2, -0.15) is 0 Å². The first-order chi connectivity index (χ1) is 10.8. The number of likely N-dealkylation sites (N-methyl/N-ethyl adjacent to an activating group) is 1. The lowest BCUT2D eigenvalue weighted by Gasteiger charge is -2.25. The van der Waals surface area contributed by atoms with Gasteiger partial charge in [0.15, 0.2) is 0 Å². The van der Waals surface area contributed by atoms with E-state index in [4.69, 9.17) is 0 Å². The van der Waals surface area contributed by atoms with Crippen molar-refractivity contribution < 1.29 is 17.2 Å². The lowest BCUT2D eigenvalue weighted by atomic mass is 10.0. The molecule has 8 heteroatoms. The molecule has 0 saturated heterocycles. The van der Waals surface area contributed by atoms with E-state index >= 15 is 0 Å². The molecule has 0 saturated carbocycles. The number of nitrogens with zero attached hydrogens (tertiary/aromatic N) is 2. The number of hydrogen-bond donors (Lipinski definition) is 1. The molecule has 124 valence electrons. The van der Waals surface area contributed by atoms with Gasteiger partial charge in [0, 0.05) is 24.5 Å². The summed E-state index contributed by atoms with van der Waals surface area (Å²) in [5, 5.41) is 0. The van der Waals surface area contributed by atoms with Crippen LogP contribution in [0.3, 0.4) is 0 Å². The van der Waals surface area contributed by atoms with Gasteiger partial charge in [0.05, 0.1) is 6.04 Å². The van der Waals surface area contributed by atoms with E-state index in [-0.39, 0.29) is 17.0 Å². The maximum absolute atomic E-state index is 13.9. The molecule has 0 unspecified atom stereocenters. The Bertz CT molecular complexity index is 747. The van der Waals surface area contributed by atoms with Crippen LogP contribution in [0.5, 0.6) is 0 Å². The van der Waals surface area contributed by atoms with Crippen LogP contribution in [0.15, 0.2) is 47.6 Å². The van der Waals surface area contributed by atoms with Crippen LogP contribution in [-0.2, 0) is 10.0 Å². The highest BCUT2D eigenvalue weighted by molar-refractivity contribution is 7.89. The normalized spacial score (nSPS) is 13.3. The quantitative estimate of drug-likeness (QED) is 0.872. The van der Waals surface area contributed by atoms with Crippen LogP contribution < -0.4 is 4.72 Å². The summed E-state index contributed by atoms with van der Waals surface area (Å²) in [7, 11) is -0.567. The lowest BCUT2D eigenvalue weighted by Crippen LogP contribution is -2.35. The molecule has 0 aliphatic carbocycles. The number of aromatic nitrogens is 1. The first kappa shape index (κ1) is 17.5. The molecule has 0 bridgehead atoms. The maximum atomic E-state index is 13.9. The number of hydrogen-bond acceptors (Lipinski definition) is 4. The second-order valence-electron chi connectivity index (χ2n) is 5.16. The zero-order chi connectivity index (χ0) is 17.0. The molecule has 2 aromatic rings. The molecule has 0 amide bonds. The van der Waals surface area contributed by atoms with Gasteiger partial charge in [-0.3, -0.25) is 4.98 Å². The molecule has 0 radical (unpaired) electrons. The van der Waals surface area contributed by atoms with Crippen LogP contribution in [0.2, 0.25) is 0 Å². The van der Waals surface area contributed by atoms with Crippen molar-refractivity contribution in [2.24, 2.45) is 0 Å². The van der Waals surface area contributed by atoms with Gasteiger partial charge in [0.25, 0.3) is 0 Å². The smallest absolute Gasteiger partial charge is 0.242 e. The fraction of sp³-hybridized carbons (Fsp3) is 0.267. The topological polar surface area (TPSA) is 62.3 Å². The van der Waals surface area contributed by atoms with Crippen molar-refractivity contribution in [1.82, 2.24) is 14.6 Å². The number of sulfonamides is 1. The Morgan fingerprint density at radius 2 is 1.83 bits per heavy atom. The number of pyridine rings is 1. The summed E-state index contributed by atoms with van der Waals surface area (Å²) in [6.07, 6.45) is 2.66. The maximum Gasteiger partial charge on any atom is 0.242 e. The molecule has 2 rings (SSSR count). The first-order valence-corrected chi connectivity index (χ1v) is 8.31. The number of rotatable bonds is 6. The Morgan fingerprint density at radius 1 is 1.17 bits per heavy atom. The highest BCUT2D eigenvalue weighted by Crippen LogP contribution is 2.24. The van der Waals surface area contributed by atoms with Gasteiger partial charge in [0.2, 0.25) is 10.0 Å². The van der Waals surface area contributed by atoms with Gasteiger partial charge in [-0.1, -0.05) is 6.07 Å². The van der Waals surface area contributed by atoms with Crippen molar-refractivity contribution in [2.75, 3.05) is 20.6 Å². The zero-order valence-corrected chi connectivity index (χ0v) is 13.5. The Labute approximate surface area is 134 Å². The summed E-state index contributed by atoms with van der Waals surface area (Å²) < 4.78 is 54.7. The van der Waals surface area contributed by atoms with Crippen molar-refractivity contribution in [3.05, 3.63) is 59.9 Å². The van der Waals surface area contributed by atoms with Crippen molar-refractivity contribution in [1.29, 1.82) is 0 Å². The second kappa shape index (κ2) is 7.12. The Hall–Kier alpha value is -1.90. The van der Waals surface area contributed by atoms with Gasteiger partial charge < -0.3 is 4.90 Å². The van der Waals surface area contributed by atoms with Crippen LogP contribution in [0.25, 0.3) is 0 Å². The average molecular weight is 341 g/mol. The summed E-state index contributed by atoms with van der Waals surface area (Å²) in [5.74, 6) is -1.44. The van der Waals surface area contributed by atoms with Gasteiger partial charge in [-0.25, -0.2) is 21.9 Å². The molecule has 0 aliphatic heterocycles. The molecule has 1 aromatic heterocycles. The predicted molar refractivity (Wildman–Crippen MR) is 82.2 cm³/mol. The van der Waals surface area contributed by atoms with Crippen LogP contribution in [0, 0.1) is 11.6 Å². The summed E-state index contributed by atoms with van der Waals surface area (Å²) in [5.41, 5.74) is -0.175. The van der Waals surface area contributed by atoms with Gasteiger partial charge >= 0.3 is 0 Å². The van der Waals surface area contributed by atoms with Gasteiger partial charge in [0.1, 0.15) is 16.5 Å². The first-order valence-electron chi connectivity index (χ1n) is 6.83. The summed E-state index contributed by atoms with van der Waals surface area (Å²) >= 11 is 0. The monoisotopic (exact) mass is 341 g/mol. The third kappa shape index (κ3) is 4.10. The van der Waals surface area contributed by atoms with Crippen LogP contribution in [-0.4, -0.2) is 38.9 Å². The zero-order valence-electron chi connectivity index (χ0n) is 12.7. The molecular weight excluding hydrogens is 324 g/mol. The molecule has 1 atom stereocenters. The van der Waals surface area contributed by atoms with Gasteiger partial charge in [-0.15, -0.1) is 0 Å². The van der Waals surface area contributed by atoms with E-state index in [9.17, 15) is 17.2 Å². The van der Waals surface area contributed by atoms with E-state index in [1.807, 2.05) is 0 Å². The highest BCUT2D eigenvalue weighted by atomic mass is 32.2. The Morgan fingerprint density at radius 3 is 2.35 bits per heavy atom. The highest BCUT2D eigenvalue weighted by Gasteiger charge is 2.24. The molecule has 1 aromatic carbocycles. The van der Waals surface area contributed by atoms with E-state index in [0.717, 1.165) is 12.1 Å². The van der Waals surface area contributed by atoms with Crippen LogP contribution in [0.1, 0.15) is 11.6 Å². The lowest BCUT2D eigenvalue weighted by molar-refractivity contribution is 0.283. The number of nitrogens with one attached hydrogen (secondary N) is 1. The third-order valence-electron chi connectivity index (χ3n) is 3.37. The van der Waals surface area contributed by atoms with Crippen molar-refractivity contribution in [3.8, 4) is 0 Å². The van der Waals surface area contributed by atoms with Crippen LogP contribution in [0.4, 0.5) is 8.78 Å². The summed E-state index contributed by atoms with van der Waals surface area (Å²) in [6, 6.07) is 5.65. The fourth-order valence-electron chi connectivity index (χ4n) is 2.15. The van der Waals surface area contributed by atoms with E-state index in [1.165, 1.54) is 30.6 Å². The minimum absolute atomic E-state index is 0.00786. The molecule has 0 fully saturated rings. The fourth-order valence-corrected chi connectivity index (χ4v) is 3.15. The third-order valence-corrected chi connectivity index (χ3v) is 4.78. The largest absolute Gasteiger partial charge is 0.301 e. The van der Waals surface area contributed by atoms with Crippen LogP contribution >= 0.6 is 0 Å². The molecule has 1 N–H and O–H groups in total. The number of halogens is 2. The average Bonchev–Trinajstić information content (AvgIpc) is 2.50. The van der Waals surface area contributed by atoms with E-state index in [1.54, 1.807) is 19.0 Å². The Kier molecular flexibility index (Phi) is 5.40. The van der Waals surface area contributed by atoms with E-state index in [0.29, 0.717) is 0 Å². The Balaban J connectivity index is 2.25. The second-order valence-corrected chi connectivity index (χ2v) is 6.92. The van der Waals surface area contributed by atoms with E-state index in [2.05, 4.69) is 9.71 Å². The van der Waals surface area contributed by atoms with Gasteiger partial charge in [-0.05, 0) is 38.4 Å². The molecule has 1 heterocycles. The molecular formula is C15H17F2N3O2S. The SMILES string of the molecule is CN(C)[C@H](CNS(=O)(=O)c1cccnc1)c1c(F)cccc1F. The number of benzene rings is 1. The summed E-state index contributed by atoms with van der Waals surface area (Å²) in [6.45, 7) is -0.178. The van der Waals surface area contributed by atoms with Crippen molar-refractivity contribution in [2.45, 2.75) is 10.9 Å². The minimum atomic E-state index is -3.81. The molecule has 23 heavy (non-hydrogen) atoms. The standard InChI is InChI=1S/C15H17F2N3O2S/c1-20(2)14(15-12(16)6-3-7-13(15)17)10-19-23(21,22)11-5-4-8-18-9-11/h3-9,14,19H,10H2,1-2H3/t14-/m1/s1.